The summed E-state index contributed by atoms with van der Waals surface area (Å²) in [6.07, 6.45) is 1.18. The fourth-order valence-corrected chi connectivity index (χ4v) is 2.37. The van der Waals surface area contributed by atoms with E-state index in [0.717, 1.165) is 6.42 Å². The molecule has 1 fully saturated rings. The molecule has 0 atom stereocenters. The highest BCUT2D eigenvalue weighted by molar-refractivity contribution is 6.35. The van der Waals surface area contributed by atoms with Crippen LogP contribution in [0.15, 0.2) is 24.3 Å². The summed E-state index contributed by atoms with van der Waals surface area (Å²) in [6, 6.07) is 6.42. The highest BCUT2D eigenvalue weighted by Crippen LogP contribution is 2.25. The summed E-state index contributed by atoms with van der Waals surface area (Å²) < 4.78 is 0. The van der Waals surface area contributed by atoms with Gasteiger partial charge in [0.05, 0.1) is 11.3 Å². The van der Waals surface area contributed by atoms with E-state index in [9.17, 15) is 19.2 Å². The Kier molecular flexibility index (Phi) is 5.51. The Balaban J connectivity index is 2.04. The lowest BCUT2D eigenvalue weighted by atomic mass is 10.1. The minimum atomic E-state index is -0.966. The molecule has 2 rings (SSSR count). The Hall–Kier alpha value is -2.90. The van der Waals surface area contributed by atoms with Gasteiger partial charge in [-0.25, -0.2) is 0 Å². The molecule has 0 saturated carbocycles. The van der Waals surface area contributed by atoms with Crippen molar-refractivity contribution < 1.29 is 19.2 Å². The number of amides is 4. The van der Waals surface area contributed by atoms with Gasteiger partial charge in [0.2, 0.25) is 5.91 Å². The zero-order valence-electron chi connectivity index (χ0n) is 13.6. The Morgan fingerprint density at radius 2 is 1.79 bits per heavy atom. The average molecular weight is 332 g/mol. The van der Waals surface area contributed by atoms with Gasteiger partial charge in [-0.3, -0.25) is 30.0 Å². The third-order valence-corrected chi connectivity index (χ3v) is 3.43. The highest BCUT2D eigenvalue weighted by Gasteiger charge is 2.26. The number of nitrogens with zero attached hydrogens (tertiary/aromatic N) is 1. The van der Waals surface area contributed by atoms with Crippen LogP contribution in [0.5, 0.6) is 0 Å². The van der Waals surface area contributed by atoms with Crippen LogP contribution in [0.2, 0.25) is 0 Å². The summed E-state index contributed by atoms with van der Waals surface area (Å²) in [5.74, 6) is -2.45. The molecular weight excluding hydrogens is 312 g/mol. The maximum absolute atomic E-state index is 12.3. The first-order valence-corrected chi connectivity index (χ1v) is 7.70. The van der Waals surface area contributed by atoms with E-state index in [4.69, 9.17) is 0 Å². The first-order chi connectivity index (χ1) is 11.4. The van der Waals surface area contributed by atoms with Gasteiger partial charge in [0.1, 0.15) is 0 Å². The van der Waals surface area contributed by atoms with Crippen molar-refractivity contribution in [2.24, 2.45) is 0 Å². The van der Waals surface area contributed by atoms with E-state index in [1.165, 1.54) is 0 Å². The second kappa shape index (κ2) is 7.58. The van der Waals surface area contributed by atoms with Crippen LogP contribution in [0.25, 0.3) is 0 Å². The molecule has 1 aromatic rings. The largest absolute Gasteiger partial charge is 0.346 e. The molecule has 1 aliphatic heterocycles. The minimum Gasteiger partial charge on any atom is -0.346 e. The van der Waals surface area contributed by atoms with E-state index in [1.807, 2.05) is 0 Å². The normalized spacial score (nSPS) is 13.8. The molecule has 0 aromatic heterocycles. The number of hydrogen-bond acceptors (Lipinski definition) is 4. The van der Waals surface area contributed by atoms with Crippen molar-refractivity contribution in [1.82, 2.24) is 16.2 Å². The first kappa shape index (κ1) is 17.5. The van der Waals surface area contributed by atoms with Crippen LogP contribution in [0.1, 0.15) is 37.0 Å². The number of carbonyl (C=O) groups is 4. The van der Waals surface area contributed by atoms with Crippen molar-refractivity contribution in [3.63, 3.8) is 0 Å². The molecule has 1 saturated heterocycles. The van der Waals surface area contributed by atoms with Crippen LogP contribution >= 0.6 is 0 Å². The number of anilines is 1. The monoisotopic (exact) mass is 332 g/mol. The molecule has 4 amide bonds. The van der Waals surface area contributed by atoms with Crippen LogP contribution in [0.4, 0.5) is 5.69 Å². The molecule has 1 heterocycles. The van der Waals surface area contributed by atoms with Gasteiger partial charge in [0, 0.05) is 19.0 Å². The zero-order chi connectivity index (χ0) is 17.7. The van der Waals surface area contributed by atoms with Crippen LogP contribution in [-0.4, -0.2) is 36.2 Å². The van der Waals surface area contributed by atoms with Crippen molar-refractivity contribution >= 4 is 29.3 Å². The van der Waals surface area contributed by atoms with Crippen molar-refractivity contribution in [3.8, 4) is 0 Å². The second-order valence-corrected chi connectivity index (χ2v) is 5.70. The average Bonchev–Trinajstić information content (AvgIpc) is 2.97. The van der Waals surface area contributed by atoms with E-state index in [-0.39, 0.29) is 17.5 Å². The lowest BCUT2D eigenvalue weighted by Crippen LogP contribution is -2.50. The summed E-state index contributed by atoms with van der Waals surface area (Å²) in [4.78, 5) is 48.8. The summed E-state index contributed by atoms with van der Waals surface area (Å²) in [5.41, 5.74) is 4.99. The maximum atomic E-state index is 12.3. The lowest BCUT2D eigenvalue weighted by molar-refractivity contribution is -0.139. The van der Waals surface area contributed by atoms with Gasteiger partial charge in [-0.2, -0.15) is 0 Å². The highest BCUT2D eigenvalue weighted by atomic mass is 16.2. The molecule has 0 aliphatic carbocycles. The number of carbonyl (C=O) groups excluding carboxylic acids is 4. The van der Waals surface area contributed by atoms with Crippen LogP contribution in [0, 0.1) is 0 Å². The quantitative estimate of drug-likeness (QED) is 0.539. The van der Waals surface area contributed by atoms with Gasteiger partial charge in [-0.1, -0.05) is 12.1 Å². The molecule has 1 aliphatic rings. The third-order valence-electron chi connectivity index (χ3n) is 3.43. The van der Waals surface area contributed by atoms with Crippen molar-refractivity contribution in [2.75, 3.05) is 11.4 Å². The van der Waals surface area contributed by atoms with Crippen molar-refractivity contribution in [2.45, 2.75) is 32.7 Å². The number of para-hydroxylation sites is 1. The Bertz CT molecular complexity index is 672. The molecule has 0 unspecified atom stereocenters. The van der Waals surface area contributed by atoms with Gasteiger partial charge >= 0.3 is 11.8 Å². The minimum absolute atomic E-state index is 0.0457. The Labute approximate surface area is 139 Å². The van der Waals surface area contributed by atoms with Crippen LogP contribution in [0.3, 0.4) is 0 Å². The van der Waals surface area contributed by atoms with E-state index in [0.29, 0.717) is 18.7 Å². The maximum Gasteiger partial charge on any atom is 0.327 e. The van der Waals surface area contributed by atoms with Gasteiger partial charge < -0.3 is 10.2 Å². The summed E-state index contributed by atoms with van der Waals surface area (Å²) in [5, 5.41) is 2.41. The lowest BCUT2D eigenvalue weighted by Gasteiger charge is -2.19. The smallest absolute Gasteiger partial charge is 0.327 e. The second-order valence-electron chi connectivity index (χ2n) is 5.70. The van der Waals surface area contributed by atoms with Crippen LogP contribution in [-0.2, 0) is 14.4 Å². The number of hydrazine groups is 1. The van der Waals surface area contributed by atoms with Crippen molar-refractivity contribution in [3.05, 3.63) is 29.8 Å². The van der Waals surface area contributed by atoms with Crippen molar-refractivity contribution in [1.29, 1.82) is 0 Å². The zero-order valence-corrected chi connectivity index (χ0v) is 13.6. The number of benzene rings is 1. The van der Waals surface area contributed by atoms with Crippen LogP contribution < -0.4 is 21.1 Å². The molecule has 0 spiro atoms. The van der Waals surface area contributed by atoms with E-state index < -0.39 is 17.7 Å². The van der Waals surface area contributed by atoms with E-state index in [1.54, 1.807) is 43.0 Å². The number of nitrogens with one attached hydrogen (secondary N) is 3. The molecule has 0 bridgehead atoms. The fraction of sp³-hybridized carbons (Fsp3) is 0.375. The SMILES string of the molecule is CC(C)NC(=O)C(=O)NNC(=O)c1ccccc1N1CCCC1=O. The van der Waals surface area contributed by atoms with Gasteiger partial charge in [0.15, 0.2) is 0 Å². The Morgan fingerprint density at radius 1 is 1.08 bits per heavy atom. The first-order valence-electron chi connectivity index (χ1n) is 7.70. The predicted octanol–water partition coefficient (Wildman–Crippen LogP) is 0.0990. The van der Waals surface area contributed by atoms with E-state index in [2.05, 4.69) is 16.2 Å². The predicted molar refractivity (Wildman–Crippen MR) is 86.9 cm³/mol. The molecule has 8 heteroatoms. The van der Waals surface area contributed by atoms with Gasteiger partial charge in [-0.15, -0.1) is 0 Å². The molecule has 0 radical (unpaired) electrons. The molecule has 3 N–H and O–H groups in total. The number of rotatable bonds is 3. The van der Waals surface area contributed by atoms with Gasteiger partial charge in [0.25, 0.3) is 5.91 Å². The standard InChI is InChI=1S/C16H20N4O4/c1-10(2)17-15(23)16(24)19-18-14(22)11-6-3-4-7-12(11)20-9-5-8-13(20)21/h3-4,6-7,10H,5,8-9H2,1-2H3,(H,17,23)(H,18,22)(H,19,24). The summed E-state index contributed by atoms with van der Waals surface area (Å²) >= 11 is 0. The summed E-state index contributed by atoms with van der Waals surface area (Å²) in [7, 11) is 0. The topological polar surface area (TPSA) is 108 Å². The molecule has 24 heavy (non-hydrogen) atoms. The Morgan fingerprint density at radius 3 is 2.42 bits per heavy atom. The van der Waals surface area contributed by atoms with E-state index >= 15 is 0 Å². The molecule has 128 valence electrons. The molecule has 1 aromatic carbocycles. The molecule has 8 nitrogen and oxygen atoms in total. The molecular formula is C16H20N4O4. The third kappa shape index (κ3) is 4.09. The summed E-state index contributed by atoms with van der Waals surface area (Å²) in [6.45, 7) is 3.98. The number of hydrogen-bond donors (Lipinski definition) is 3. The van der Waals surface area contributed by atoms with Gasteiger partial charge in [-0.05, 0) is 32.4 Å². The fourth-order valence-electron chi connectivity index (χ4n) is 2.37.